The summed E-state index contributed by atoms with van der Waals surface area (Å²) in [4.78, 5) is 14.4. The van der Waals surface area contributed by atoms with E-state index in [1.807, 2.05) is 24.3 Å². The molecule has 15 heavy (non-hydrogen) atoms. The van der Waals surface area contributed by atoms with Crippen molar-refractivity contribution in [3.63, 3.8) is 0 Å². The molecule has 1 aromatic heterocycles. The number of aromatic amines is 1. The fraction of sp³-hybridized carbons (Fsp3) is 0.0909. The third-order valence-corrected chi connectivity index (χ3v) is 2.41. The van der Waals surface area contributed by atoms with Crippen LogP contribution in [0.2, 0.25) is 0 Å². The maximum atomic E-state index is 11.3. The molecule has 77 valence electrons. The van der Waals surface area contributed by atoms with Gasteiger partial charge in [-0.25, -0.2) is 0 Å². The van der Waals surface area contributed by atoms with E-state index in [0.717, 1.165) is 16.5 Å². The molecule has 0 fully saturated rings. The molecule has 0 bridgehead atoms. The van der Waals surface area contributed by atoms with Crippen LogP contribution in [-0.4, -0.2) is 10.9 Å². The minimum absolute atomic E-state index is 0.292. The fourth-order valence-corrected chi connectivity index (χ4v) is 1.60. The summed E-state index contributed by atoms with van der Waals surface area (Å²) >= 11 is 0. The van der Waals surface area contributed by atoms with Crippen molar-refractivity contribution in [2.75, 3.05) is 0 Å². The molecular weight excluding hydrogens is 190 g/mol. The van der Waals surface area contributed by atoms with Gasteiger partial charge in [-0.3, -0.25) is 4.79 Å². The second-order valence-corrected chi connectivity index (χ2v) is 3.31. The van der Waals surface area contributed by atoms with Gasteiger partial charge in [-0.05, 0) is 6.07 Å². The van der Waals surface area contributed by atoms with Crippen molar-refractivity contribution in [1.29, 1.82) is 0 Å². The van der Waals surface area contributed by atoms with Gasteiger partial charge in [-0.15, -0.1) is 0 Å². The Balaban J connectivity index is 2.48. The van der Waals surface area contributed by atoms with Gasteiger partial charge in [0.25, 0.3) is 0 Å². The Morgan fingerprint density at radius 2 is 2.20 bits per heavy atom. The summed E-state index contributed by atoms with van der Waals surface area (Å²) in [5.74, 6) is -0.292. The topological polar surface area (TPSA) is 70.9 Å². The zero-order valence-electron chi connectivity index (χ0n) is 8.16. The van der Waals surface area contributed by atoms with Gasteiger partial charge in [-0.2, -0.15) is 0 Å². The van der Waals surface area contributed by atoms with E-state index in [4.69, 9.17) is 5.73 Å². The molecule has 4 nitrogen and oxygen atoms in total. The lowest BCUT2D eigenvalue weighted by Crippen LogP contribution is -2.30. The number of nitrogens with one attached hydrogen (secondary N) is 2. The van der Waals surface area contributed by atoms with Crippen molar-refractivity contribution in [3.05, 3.63) is 43.1 Å². The van der Waals surface area contributed by atoms with E-state index in [9.17, 15) is 4.79 Å². The van der Waals surface area contributed by atoms with Crippen molar-refractivity contribution in [2.45, 2.75) is 6.04 Å². The zero-order valence-corrected chi connectivity index (χ0v) is 8.16. The molecule has 0 aliphatic rings. The van der Waals surface area contributed by atoms with Crippen LogP contribution >= 0.6 is 0 Å². The highest BCUT2D eigenvalue weighted by atomic mass is 16.2. The molecular formula is C11H12N3O. The first-order valence-corrected chi connectivity index (χ1v) is 4.62. The summed E-state index contributed by atoms with van der Waals surface area (Å²) in [6.07, 6.45) is 1.75. The molecule has 0 saturated carbocycles. The summed E-state index contributed by atoms with van der Waals surface area (Å²) in [6.45, 7) is 0. The Bertz CT molecular complexity index is 489. The molecule has 1 heterocycles. The second-order valence-electron chi connectivity index (χ2n) is 3.31. The SMILES string of the molecule is [CH2]NC(=O)[C@H](N)c1c[nH]c2ccccc12. The first-order chi connectivity index (χ1) is 7.24. The second kappa shape index (κ2) is 3.74. The van der Waals surface area contributed by atoms with Crippen LogP contribution in [0, 0.1) is 7.05 Å². The molecule has 4 heteroatoms. The summed E-state index contributed by atoms with van der Waals surface area (Å²) in [6, 6.07) is 7.02. The number of nitrogens with two attached hydrogens (primary N) is 1. The van der Waals surface area contributed by atoms with Crippen LogP contribution in [0.1, 0.15) is 11.6 Å². The summed E-state index contributed by atoms with van der Waals surface area (Å²) in [5, 5.41) is 3.26. The van der Waals surface area contributed by atoms with Crippen LogP contribution < -0.4 is 11.1 Å². The lowest BCUT2D eigenvalue weighted by Gasteiger charge is -2.08. The first-order valence-electron chi connectivity index (χ1n) is 4.62. The third-order valence-electron chi connectivity index (χ3n) is 2.41. The molecule has 2 aromatic rings. The number of rotatable bonds is 2. The number of carbonyl (C=O) groups excluding carboxylic acids is 1. The summed E-state index contributed by atoms with van der Waals surface area (Å²) in [5.41, 5.74) is 7.54. The number of benzene rings is 1. The highest BCUT2D eigenvalue weighted by Gasteiger charge is 2.17. The number of hydrogen-bond donors (Lipinski definition) is 3. The minimum Gasteiger partial charge on any atom is -0.361 e. The third kappa shape index (κ3) is 1.59. The van der Waals surface area contributed by atoms with E-state index in [-0.39, 0.29) is 5.91 Å². The van der Waals surface area contributed by atoms with E-state index in [0.29, 0.717) is 0 Å². The van der Waals surface area contributed by atoms with Gasteiger partial charge in [0.1, 0.15) is 6.04 Å². The van der Waals surface area contributed by atoms with Crippen molar-refractivity contribution in [1.82, 2.24) is 10.3 Å². The molecule has 0 unspecified atom stereocenters. The molecule has 1 radical (unpaired) electrons. The predicted octanol–water partition coefficient (Wildman–Crippen LogP) is 1.08. The lowest BCUT2D eigenvalue weighted by atomic mass is 10.1. The first kappa shape index (κ1) is 9.73. The summed E-state index contributed by atoms with van der Waals surface area (Å²) in [7, 11) is 3.31. The number of para-hydroxylation sites is 1. The highest BCUT2D eigenvalue weighted by Crippen LogP contribution is 2.22. The molecule has 4 N–H and O–H groups in total. The van der Waals surface area contributed by atoms with Crippen LogP contribution in [-0.2, 0) is 4.79 Å². The van der Waals surface area contributed by atoms with Gasteiger partial charge >= 0.3 is 0 Å². The van der Waals surface area contributed by atoms with Crippen molar-refractivity contribution in [3.8, 4) is 0 Å². The van der Waals surface area contributed by atoms with Gasteiger partial charge in [0.15, 0.2) is 0 Å². The van der Waals surface area contributed by atoms with Crippen LogP contribution in [0.3, 0.4) is 0 Å². The Hall–Kier alpha value is -1.81. The quantitative estimate of drug-likeness (QED) is 0.681. The smallest absolute Gasteiger partial charge is 0.241 e. The Kier molecular flexibility index (Phi) is 2.43. The van der Waals surface area contributed by atoms with Gasteiger partial charge in [-0.1, -0.05) is 18.2 Å². The van der Waals surface area contributed by atoms with Gasteiger partial charge in [0, 0.05) is 29.7 Å². The zero-order chi connectivity index (χ0) is 10.8. The Morgan fingerprint density at radius 1 is 1.47 bits per heavy atom. The molecule has 2 rings (SSSR count). The van der Waals surface area contributed by atoms with Crippen molar-refractivity contribution in [2.24, 2.45) is 5.73 Å². The predicted molar refractivity (Wildman–Crippen MR) is 58.7 cm³/mol. The normalized spacial score (nSPS) is 12.7. The number of carbonyl (C=O) groups is 1. The standard InChI is InChI=1S/C11H12N3O/c1-13-11(15)10(12)8-6-14-9-5-3-2-4-7(8)9/h2-6,10,14H,1,12H2,(H,13,15)/t10-/m1/s1. The summed E-state index contributed by atoms with van der Waals surface area (Å²) < 4.78 is 0. The monoisotopic (exact) mass is 202 g/mol. The van der Waals surface area contributed by atoms with E-state index >= 15 is 0 Å². The van der Waals surface area contributed by atoms with Gasteiger partial charge in [0.2, 0.25) is 5.91 Å². The largest absolute Gasteiger partial charge is 0.361 e. The van der Waals surface area contributed by atoms with E-state index in [1.165, 1.54) is 0 Å². The average molecular weight is 202 g/mol. The lowest BCUT2D eigenvalue weighted by molar-refractivity contribution is -0.121. The van der Waals surface area contributed by atoms with Gasteiger partial charge < -0.3 is 16.0 Å². The number of H-pyrrole nitrogens is 1. The highest BCUT2D eigenvalue weighted by molar-refractivity contribution is 5.91. The van der Waals surface area contributed by atoms with E-state index in [1.54, 1.807) is 6.20 Å². The molecule has 0 aliphatic carbocycles. The molecule has 0 saturated heterocycles. The number of hydrogen-bond acceptors (Lipinski definition) is 2. The minimum atomic E-state index is -0.682. The number of aromatic nitrogens is 1. The molecule has 1 atom stereocenters. The fourth-order valence-electron chi connectivity index (χ4n) is 1.60. The van der Waals surface area contributed by atoms with Crippen molar-refractivity contribution < 1.29 is 4.79 Å². The molecule has 0 aliphatic heterocycles. The Labute approximate surface area is 87.5 Å². The number of amides is 1. The average Bonchev–Trinajstić information content (AvgIpc) is 2.70. The number of fused-ring (bicyclic) bond motifs is 1. The molecule has 1 aromatic carbocycles. The Morgan fingerprint density at radius 3 is 2.93 bits per heavy atom. The van der Waals surface area contributed by atoms with Gasteiger partial charge in [0.05, 0.1) is 0 Å². The van der Waals surface area contributed by atoms with Crippen LogP contribution in [0.15, 0.2) is 30.5 Å². The van der Waals surface area contributed by atoms with E-state index in [2.05, 4.69) is 17.3 Å². The van der Waals surface area contributed by atoms with Crippen LogP contribution in [0.25, 0.3) is 10.9 Å². The van der Waals surface area contributed by atoms with Crippen LogP contribution in [0.5, 0.6) is 0 Å². The maximum Gasteiger partial charge on any atom is 0.241 e. The maximum absolute atomic E-state index is 11.3. The molecule has 0 spiro atoms. The van der Waals surface area contributed by atoms with Crippen LogP contribution in [0.4, 0.5) is 0 Å². The molecule has 1 amide bonds. The van der Waals surface area contributed by atoms with E-state index < -0.39 is 6.04 Å². The van der Waals surface area contributed by atoms with Crippen molar-refractivity contribution >= 4 is 16.8 Å².